The van der Waals surface area contributed by atoms with E-state index in [4.69, 9.17) is 21.4 Å². The fourth-order valence-corrected chi connectivity index (χ4v) is 3.95. The molecule has 2 aromatic heterocycles. The van der Waals surface area contributed by atoms with Crippen molar-refractivity contribution in [2.45, 2.75) is 12.8 Å². The van der Waals surface area contributed by atoms with E-state index < -0.39 is 0 Å². The number of hydrogen-bond acceptors (Lipinski definition) is 4. The Morgan fingerprint density at radius 3 is 2.57 bits per heavy atom. The zero-order chi connectivity index (χ0) is 18.9. The lowest BCUT2D eigenvalue weighted by Crippen LogP contribution is -2.25. The Bertz CT molecular complexity index is 1120. The van der Waals surface area contributed by atoms with E-state index in [1.807, 2.05) is 53.3 Å². The number of nitrogens with zero attached hydrogens (tertiary/aromatic N) is 4. The Balaban J connectivity index is 1.58. The second-order valence-electron chi connectivity index (χ2n) is 7.13. The molecule has 6 heteroatoms. The first-order chi connectivity index (χ1) is 13.8. The Hall–Kier alpha value is -2.63. The summed E-state index contributed by atoms with van der Waals surface area (Å²) >= 11 is 6.08. The van der Waals surface area contributed by atoms with Gasteiger partial charge in [0.1, 0.15) is 12.1 Å². The van der Waals surface area contributed by atoms with E-state index in [0.29, 0.717) is 11.6 Å². The molecule has 1 aliphatic rings. The van der Waals surface area contributed by atoms with Gasteiger partial charge in [-0.1, -0.05) is 29.8 Å². The molecule has 0 aliphatic carbocycles. The van der Waals surface area contributed by atoms with Crippen molar-refractivity contribution in [3.8, 4) is 11.6 Å². The summed E-state index contributed by atoms with van der Waals surface area (Å²) in [4.78, 5) is 7.06. The quantitative estimate of drug-likeness (QED) is 0.493. The third kappa shape index (κ3) is 3.21. The number of para-hydroxylation sites is 1. The lowest BCUT2D eigenvalue weighted by Gasteiger charge is -2.15. The van der Waals surface area contributed by atoms with E-state index in [1.165, 1.54) is 12.8 Å². The molecule has 1 fully saturated rings. The minimum absolute atomic E-state index is 0.626. The third-order valence-electron chi connectivity index (χ3n) is 5.29. The molecule has 5 rings (SSSR count). The minimum Gasteiger partial charge on any atom is -0.476 e. The van der Waals surface area contributed by atoms with Crippen molar-refractivity contribution in [1.82, 2.24) is 19.7 Å². The summed E-state index contributed by atoms with van der Waals surface area (Å²) in [5.74, 6) is 0.731. The number of benzene rings is 2. The number of fused-ring (bicyclic) bond motifs is 3. The lowest BCUT2D eigenvalue weighted by atomic mass is 10.2. The molecule has 0 amide bonds. The van der Waals surface area contributed by atoms with Gasteiger partial charge in [0.15, 0.2) is 0 Å². The summed E-state index contributed by atoms with van der Waals surface area (Å²) in [5.41, 5.74) is 2.75. The molecule has 4 aromatic rings. The number of aromatic nitrogens is 3. The van der Waals surface area contributed by atoms with E-state index in [9.17, 15) is 0 Å². The number of rotatable bonds is 5. The SMILES string of the molecule is Clc1ccc(-n2nc3c(cnc4ccccc43)c2OCCN2CCCC2)cc1. The molecule has 142 valence electrons. The molecule has 1 saturated heterocycles. The molecular weight excluding hydrogens is 372 g/mol. The van der Waals surface area contributed by atoms with Crippen molar-refractivity contribution >= 4 is 33.4 Å². The van der Waals surface area contributed by atoms with Crippen LogP contribution in [-0.4, -0.2) is 45.9 Å². The molecule has 5 nitrogen and oxygen atoms in total. The van der Waals surface area contributed by atoms with Gasteiger partial charge in [0, 0.05) is 23.2 Å². The topological polar surface area (TPSA) is 43.2 Å². The van der Waals surface area contributed by atoms with Crippen LogP contribution in [0.2, 0.25) is 5.02 Å². The first-order valence-corrected chi connectivity index (χ1v) is 10.0. The maximum atomic E-state index is 6.27. The van der Waals surface area contributed by atoms with Crippen LogP contribution in [-0.2, 0) is 0 Å². The van der Waals surface area contributed by atoms with Crippen molar-refractivity contribution in [1.29, 1.82) is 0 Å². The van der Waals surface area contributed by atoms with Gasteiger partial charge in [-0.15, -0.1) is 0 Å². The van der Waals surface area contributed by atoms with Gasteiger partial charge in [-0.05, 0) is 56.3 Å². The fraction of sp³-hybridized carbons (Fsp3) is 0.273. The van der Waals surface area contributed by atoms with Crippen LogP contribution in [0.4, 0.5) is 0 Å². The predicted molar refractivity (Wildman–Crippen MR) is 113 cm³/mol. The average molecular weight is 393 g/mol. The summed E-state index contributed by atoms with van der Waals surface area (Å²) in [5, 5.41) is 7.54. The molecule has 0 atom stereocenters. The minimum atomic E-state index is 0.626. The highest BCUT2D eigenvalue weighted by Crippen LogP contribution is 2.32. The molecule has 0 radical (unpaired) electrons. The van der Waals surface area contributed by atoms with Crippen LogP contribution in [0.1, 0.15) is 12.8 Å². The van der Waals surface area contributed by atoms with E-state index in [1.54, 1.807) is 0 Å². The number of hydrogen-bond donors (Lipinski definition) is 0. The smallest absolute Gasteiger partial charge is 0.226 e. The molecule has 0 saturated carbocycles. The van der Waals surface area contributed by atoms with Gasteiger partial charge >= 0.3 is 0 Å². The molecule has 1 aliphatic heterocycles. The highest BCUT2D eigenvalue weighted by atomic mass is 35.5. The van der Waals surface area contributed by atoms with E-state index >= 15 is 0 Å². The van der Waals surface area contributed by atoms with E-state index in [2.05, 4.69) is 16.0 Å². The van der Waals surface area contributed by atoms with Crippen molar-refractivity contribution in [3.63, 3.8) is 0 Å². The van der Waals surface area contributed by atoms with Gasteiger partial charge in [-0.3, -0.25) is 9.88 Å². The van der Waals surface area contributed by atoms with Crippen LogP contribution >= 0.6 is 11.6 Å². The second-order valence-corrected chi connectivity index (χ2v) is 7.56. The number of ether oxygens (including phenoxy) is 1. The van der Waals surface area contributed by atoms with Crippen LogP contribution in [0.25, 0.3) is 27.5 Å². The first-order valence-electron chi connectivity index (χ1n) is 9.67. The van der Waals surface area contributed by atoms with Gasteiger partial charge in [0.05, 0.1) is 16.6 Å². The molecule has 3 heterocycles. The molecule has 0 bridgehead atoms. The Morgan fingerprint density at radius 1 is 0.964 bits per heavy atom. The fourth-order valence-electron chi connectivity index (χ4n) is 3.82. The van der Waals surface area contributed by atoms with E-state index in [0.717, 1.165) is 53.0 Å². The maximum absolute atomic E-state index is 6.27. The van der Waals surface area contributed by atoms with Crippen LogP contribution < -0.4 is 4.74 Å². The highest BCUT2D eigenvalue weighted by molar-refractivity contribution is 6.30. The second kappa shape index (κ2) is 7.41. The van der Waals surface area contributed by atoms with Gasteiger partial charge in [-0.25, -0.2) is 0 Å². The summed E-state index contributed by atoms with van der Waals surface area (Å²) < 4.78 is 8.13. The predicted octanol–water partition coefficient (Wildman–Crippen LogP) is 4.70. The average Bonchev–Trinajstić information content (AvgIpc) is 3.37. The van der Waals surface area contributed by atoms with Crippen molar-refractivity contribution in [3.05, 3.63) is 59.8 Å². The van der Waals surface area contributed by atoms with Crippen LogP contribution in [0, 0.1) is 0 Å². The van der Waals surface area contributed by atoms with E-state index in [-0.39, 0.29) is 0 Å². The first kappa shape index (κ1) is 17.5. The largest absolute Gasteiger partial charge is 0.476 e. The van der Waals surface area contributed by atoms with Crippen molar-refractivity contribution in [2.24, 2.45) is 0 Å². The summed E-state index contributed by atoms with van der Waals surface area (Å²) in [6, 6.07) is 15.7. The van der Waals surface area contributed by atoms with Crippen molar-refractivity contribution < 1.29 is 4.74 Å². The van der Waals surface area contributed by atoms with Gasteiger partial charge < -0.3 is 4.74 Å². The summed E-state index contributed by atoms with van der Waals surface area (Å²) in [6.45, 7) is 3.87. The normalized spacial score (nSPS) is 14.9. The number of likely N-dealkylation sites (tertiary alicyclic amines) is 1. The molecule has 0 N–H and O–H groups in total. The highest BCUT2D eigenvalue weighted by Gasteiger charge is 2.18. The molecule has 2 aromatic carbocycles. The monoisotopic (exact) mass is 392 g/mol. The molecule has 0 unspecified atom stereocenters. The number of pyridine rings is 1. The third-order valence-corrected chi connectivity index (χ3v) is 5.54. The van der Waals surface area contributed by atoms with Gasteiger partial charge in [0.25, 0.3) is 0 Å². The molecular formula is C22H21ClN4O. The van der Waals surface area contributed by atoms with Crippen LogP contribution in [0.5, 0.6) is 5.88 Å². The van der Waals surface area contributed by atoms with Gasteiger partial charge in [-0.2, -0.15) is 9.78 Å². The zero-order valence-electron chi connectivity index (χ0n) is 15.5. The lowest BCUT2D eigenvalue weighted by molar-refractivity contribution is 0.229. The summed E-state index contributed by atoms with van der Waals surface area (Å²) in [7, 11) is 0. The van der Waals surface area contributed by atoms with Crippen molar-refractivity contribution in [2.75, 3.05) is 26.2 Å². The Labute approximate surface area is 168 Å². The van der Waals surface area contributed by atoms with Gasteiger partial charge in [0.2, 0.25) is 5.88 Å². The Kier molecular flexibility index (Phi) is 4.63. The molecule has 28 heavy (non-hydrogen) atoms. The summed E-state index contributed by atoms with van der Waals surface area (Å²) in [6.07, 6.45) is 4.42. The Morgan fingerprint density at radius 2 is 1.75 bits per heavy atom. The number of halogens is 1. The standard InChI is InChI=1S/C22H21ClN4O/c23-16-7-9-17(10-8-16)27-22(28-14-13-26-11-3-4-12-26)19-15-24-20-6-2-1-5-18(20)21(19)25-27/h1-2,5-10,15H,3-4,11-14H2. The van der Waals surface area contributed by atoms with Crippen LogP contribution in [0.15, 0.2) is 54.7 Å². The zero-order valence-corrected chi connectivity index (χ0v) is 16.3. The maximum Gasteiger partial charge on any atom is 0.226 e. The molecule has 0 spiro atoms. The van der Waals surface area contributed by atoms with Crippen LogP contribution in [0.3, 0.4) is 0 Å².